The fourth-order valence-electron chi connectivity index (χ4n) is 1.50. The van der Waals surface area contributed by atoms with Crippen molar-refractivity contribution in [2.24, 2.45) is 0 Å². The molecule has 106 valence electrons. The monoisotopic (exact) mass is 268 g/mol. The molecule has 0 saturated carbocycles. The number of ether oxygens (including phenoxy) is 3. The van der Waals surface area contributed by atoms with Gasteiger partial charge in [-0.3, -0.25) is 0 Å². The van der Waals surface area contributed by atoms with E-state index in [2.05, 4.69) is 4.74 Å². The lowest BCUT2D eigenvalue weighted by Crippen LogP contribution is -2.26. The summed E-state index contributed by atoms with van der Waals surface area (Å²) in [6.07, 6.45) is 0.385. The molecule has 0 aliphatic carbocycles. The molecule has 1 aromatic rings. The van der Waals surface area contributed by atoms with Crippen LogP contribution in [0.2, 0.25) is 0 Å². The molecule has 0 unspecified atom stereocenters. The van der Waals surface area contributed by atoms with Crippen molar-refractivity contribution in [3.8, 4) is 0 Å². The highest BCUT2D eigenvalue weighted by Crippen LogP contribution is 2.02. The molecule has 0 bridgehead atoms. The van der Waals surface area contributed by atoms with Crippen LogP contribution in [0, 0.1) is 0 Å². The van der Waals surface area contributed by atoms with Gasteiger partial charge in [0, 0.05) is 13.7 Å². The number of benzene rings is 1. The Kier molecular flexibility index (Phi) is 7.81. The highest BCUT2D eigenvalue weighted by Gasteiger charge is 2.15. The number of hydrogen-bond acceptors (Lipinski definition) is 4. The first-order valence-corrected chi connectivity index (χ1v) is 6.23. The van der Waals surface area contributed by atoms with Gasteiger partial charge < -0.3 is 19.3 Å². The van der Waals surface area contributed by atoms with Crippen LogP contribution in [-0.4, -0.2) is 37.7 Å². The second kappa shape index (κ2) is 9.49. The van der Waals surface area contributed by atoms with E-state index in [0.717, 1.165) is 18.4 Å². The largest absolute Gasteiger partial charge is 0.477 e. The van der Waals surface area contributed by atoms with Gasteiger partial charge in [-0.05, 0) is 18.4 Å². The average molecular weight is 268 g/mol. The maximum absolute atomic E-state index is 10.6. The summed E-state index contributed by atoms with van der Waals surface area (Å²) in [6, 6.07) is 9.94. The summed E-state index contributed by atoms with van der Waals surface area (Å²) in [4.78, 5) is 10.6. The number of methoxy groups -OCH3 is 1. The Morgan fingerprint density at radius 1 is 1.21 bits per heavy atom. The zero-order valence-electron chi connectivity index (χ0n) is 11.1. The fraction of sp³-hybridized carbons (Fsp3) is 0.500. The summed E-state index contributed by atoms with van der Waals surface area (Å²) in [7, 11) is 1.31. The molecule has 0 aliphatic rings. The summed E-state index contributed by atoms with van der Waals surface area (Å²) in [5, 5.41) is 8.67. The number of unbranched alkanes of at least 4 members (excludes halogenated alkanes) is 1. The first-order valence-electron chi connectivity index (χ1n) is 6.23. The van der Waals surface area contributed by atoms with Crippen molar-refractivity contribution >= 4 is 5.97 Å². The molecule has 0 aromatic heterocycles. The first kappa shape index (κ1) is 15.6. The highest BCUT2D eigenvalue weighted by atomic mass is 16.7. The third-order valence-corrected chi connectivity index (χ3v) is 2.48. The molecule has 0 amide bonds. The molecule has 1 rings (SSSR count). The van der Waals surface area contributed by atoms with Crippen LogP contribution in [-0.2, 0) is 25.6 Å². The number of carbonyl (C=O) groups is 1. The van der Waals surface area contributed by atoms with E-state index in [1.165, 1.54) is 7.11 Å². The summed E-state index contributed by atoms with van der Waals surface area (Å²) in [5.41, 5.74) is 1.14. The average Bonchev–Trinajstić information content (AvgIpc) is 2.42. The minimum atomic E-state index is -1.18. The van der Waals surface area contributed by atoms with Gasteiger partial charge in [-0.1, -0.05) is 30.3 Å². The third-order valence-electron chi connectivity index (χ3n) is 2.48. The molecule has 0 saturated heterocycles. The Morgan fingerprint density at radius 3 is 2.53 bits per heavy atom. The molecule has 0 heterocycles. The molecule has 0 fully saturated rings. The van der Waals surface area contributed by atoms with Gasteiger partial charge in [0.15, 0.2) is 0 Å². The summed E-state index contributed by atoms with van der Waals surface area (Å²) in [6.45, 7) is 1.57. The van der Waals surface area contributed by atoms with Crippen LogP contribution in [0.1, 0.15) is 18.4 Å². The molecule has 1 aromatic carbocycles. The van der Waals surface area contributed by atoms with Crippen LogP contribution >= 0.6 is 0 Å². The maximum Gasteiger partial charge on any atom is 0.361 e. The second-order valence-corrected chi connectivity index (χ2v) is 4.02. The Bertz CT molecular complexity index is 352. The second-order valence-electron chi connectivity index (χ2n) is 4.02. The van der Waals surface area contributed by atoms with Crippen molar-refractivity contribution in [2.45, 2.75) is 25.7 Å². The quantitative estimate of drug-likeness (QED) is 0.520. The fourth-order valence-corrected chi connectivity index (χ4v) is 1.50. The number of hydrogen-bond donors (Lipinski definition) is 1. The highest BCUT2D eigenvalue weighted by molar-refractivity contribution is 5.70. The van der Waals surface area contributed by atoms with Crippen LogP contribution < -0.4 is 0 Å². The van der Waals surface area contributed by atoms with E-state index < -0.39 is 12.3 Å². The van der Waals surface area contributed by atoms with Crippen molar-refractivity contribution in [3.05, 3.63) is 35.9 Å². The number of aliphatic carboxylic acids is 1. The van der Waals surface area contributed by atoms with Crippen LogP contribution in [0.15, 0.2) is 30.3 Å². The lowest BCUT2D eigenvalue weighted by molar-refractivity contribution is -0.183. The molecular formula is C14H20O5. The molecule has 1 atom stereocenters. The topological polar surface area (TPSA) is 65.0 Å². The van der Waals surface area contributed by atoms with Crippen LogP contribution in [0.4, 0.5) is 0 Å². The van der Waals surface area contributed by atoms with Crippen LogP contribution in [0.5, 0.6) is 0 Å². The number of rotatable bonds is 10. The van der Waals surface area contributed by atoms with Crippen LogP contribution in [0.25, 0.3) is 0 Å². The minimum absolute atomic E-state index is 0.347. The standard InChI is InChI=1S/C14H20O5/c1-17-14(13(15)16)19-10-6-5-9-18-11-12-7-3-2-4-8-12/h2-4,7-8,14H,5-6,9-11H2,1H3,(H,15,16)/t14-/m0/s1. The molecule has 5 nitrogen and oxygen atoms in total. The Labute approximate surface area is 113 Å². The molecule has 19 heavy (non-hydrogen) atoms. The molecule has 0 aliphatic heterocycles. The summed E-state index contributed by atoms with van der Waals surface area (Å²) >= 11 is 0. The van der Waals surface area contributed by atoms with E-state index in [4.69, 9.17) is 14.6 Å². The van der Waals surface area contributed by atoms with Gasteiger partial charge in [-0.2, -0.15) is 0 Å². The Balaban J connectivity index is 1.98. The summed E-state index contributed by atoms with van der Waals surface area (Å²) in [5.74, 6) is -1.11. The summed E-state index contributed by atoms with van der Waals surface area (Å²) < 4.78 is 15.2. The lowest BCUT2D eigenvalue weighted by Gasteiger charge is -2.11. The molecule has 1 N–H and O–H groups in total. The van der Waals surface area contributed by atoms with Crippen molar-refractivity contribution in [1.29, 1.82) is 0 Å². The van der Waals surface area contributed by atoms with Gasteiger partial charge in [0.05, 0.1) is 13.2 Å². The van der Waals surface area contributed by atoms with Gasteiger partial charge >= 0.3 is 5.97 Å². The maximum atomic E-state index is 10.6. The van der Waals surface area contributed by atoms with Crippen LogP contribution in [0.3, 0.4) is 0 Å². The smallest absolute Gasteiger partial charge is 0.361 e. The predicted octanol–water partition coefficient (Wildman–Crippen LogP) is 2.06. The zero-order valence-corrected chi connectivity index (χ0v) is 11.1. The zero-order chi connectivity index (χ0) is 13.9. The number of carboxylic acids is 1. The van der Waals surface area contributed by atoms with Crippen molar-refractivity contribution < 1.29 is 24.1 Å². The van der Waals surface area contributed by atoms with Gasteiger partial charge in [0.25, 0.3) is 6.29 Å². The van der Waals surface area contributed by atoms with Gasteiger partial charge in [-0.25, -0.2) is 4.79 Å². The predicted molar refractivity (Wildman–Crippen MR) is 69.7 cm³/mol. The van der Waals surface area contributed by atoms with E-state index in [1.54, 1.807) is 0 Å². The van der Waals surface area contributed by atoms with E-state index in [9.17, 15) is 4.79 Å². The van der Waals surface area contributed by atoms with Gasteiger partial charge in [0.2, 0.25) is 0 Å². The number of carboxylic acid groups (broad SMARTS) is 1. The van der Waals surface area contributed by atoms with E-state index in [-0.39, 0.29) is 0 Å². The molecule has 0 radical (unpaired) electrons. The van der Waals surface area contributed by atoms with E-state index in [0.29, 0.717) is 19.8 Å². The molecule has 0 spiro atoms. The molecule has 5 heteroatoms. The first-order chi connectivity index (χ1) is 9.24. The third kappa shape index (κ3) is 6.91. The van der Waals surface area contributed by atoms with Gasteiger partial charge in [0.1, 0.15) is 0 Å². The van der Waals surface area contributed by atoms with Gasteiger partial charge in [-0.15, -0.1) is 0 Å². The Hall–Kier alpha value is -1.43. The SMILES string of the molecule is CO[C@@H](OCCCCOCc1ccccc1)C(=O)O. The Morgan fingerprint density at radius 2 is 1.89 bits per heavy atom. The van der Waals surface area contributed by atoms with E-state index >= 15 is 0 Å². The van der Waals surface area contributed by atoms with Crippen molar-refractivity contribution in [1.82, 2.24) is 0 Å². The van der Waals surface area contributed by atoms with E-state index in [1.807, 2.05) is 30.3 Å². The minimum Gasteiger partial charge on any atom is -0.477 e. The van der Waals surface area contributed by atoms with Crippen molar-refractivity contribution in [2.75, 3.05) is 20.3 Å². The normalized spacial score (nSPS) is 12.3. The van der Waals surface area contributed by atoms with Crippen molar-refractivity contribution in [3.63, 3.8) is 0 Å². The lowest BCUT2D eigenvalue weighted by atomic mass is 10.2. The molecular weight excluding hydrogens is 248 g/mol.